The number of nitrogens with zero attached hydrogens (tertiary/aromatic N) is 6. The molecule has 5 aromatic rings. The average Bonchev–Trinajstić information content (AvgIpc) is 3.43. The van der Waals surface area contributed by atoms with Gasteiger partial charge >= 0.3 is 0 Å². The standard InChI is InChI=1S/C28H26FN9O2/c1-4-20-11-24(38-37-20)35-23-9-16(2)34-27(36-23)19-10-21(29)26(32-15-19)28(39)33-13-17-5-7-22(30-12-17)18-6-8-25(40-3)31-14-18/h5-12,14-15H,4,13H2,1-3H3,(H,33,39)(H2,34,35,36,37,38). The molecule has 202 valence electrons. The lowest BCUT2D eigenvalue weighted by Crippen LogP contribution is -2.25. The Hall–Kier alpha value is -5.26. The topological polar surface area (TPSA) is 143 Å². The fraction of sp³-hybridized carbons (Fsp3) is 0.179. The highest BCUT2D eigenvalue weighted by Gasteiger charge is 2.16. The second-order valence-electron chi connectivity index (χ2n) is 8.85. The number of anilines is 2. The van der Waals surface area contributed by atoms with E-state index in [0.717, 1.165) is 28.9 Å². The summed E-state index contributed by atoms with van der Waals surface area (Å²) in [4.78, 5) is 34.2. The lowest BCUT2D eigenvalue weighted by molar-refractivity contribution is 0.0941. The van der Waals surface area contributed by atoms with Crippen LogP contribution in [0.4, 0.5) is 16.0 Å². The van der Waals surface area contributed by atoms with Crippen LogP contribution in [0.3, 0.4) is 0 Å². The maximum Gasteiger partial charge on any atom is 0.273 e. The Morgan fingerprint density at radius 1 is 0.975 bits per heavy atom. The Balaban J connectivity index is 1.24. The van der Waals surface area contributed by atoms with E-state index in [2.05, 4.69) is 45.8 Å². The molecule has 5 heterocycles. The third kappa shape index (κ3) is 6.07. The van der Waals surface area contributed by atoms with E-state index < -0.39 is 11.7 Å². The molecule has 0 aliphatic rings. The molecule has 5 rings (SSSR count). The van der Waals surface area contributed by atoms with Crippen molar-refractivity contribution in [1.82, 2.24) is 40.4 Å². The summed E-state index contributed by atoms with van der Waals surface area (Å²) in [5.41, 5.74) is 3.95. The van der Waals surface area contributed by atoms with Gasteiger partial charge in [0.05, 0.1) is 12.8 Å². The Labute approximate surface area is 229 Å². The molecule has 0 aliphatic carbocycles. The van der Waals surface area contributed by atoms with Gasteiger partial charge in [-0.15, -0.1) is 0 Å². The molecule has 0 aromatic carbocycles. The van der Waals surface area contributed by atoms with Crippen LogP contribution in [0.15, 0.2) is 61.1 Å². The van der Waals surface area contributed by atoms with Gasteiger partial charge < -0.3 is 15.4 Å². The first-order valence-corrected chi connectivity index (χ1v) is 12.5. The first kappa shape index (κ1) is 26.4. The molecule has 0 spiro atoms. The SMILES string of the molecule is CCc1cc(Nc2cc(C)nc(-c3cnc(C(=O)NCc4ccc(-c5ccc(OC)nc5)nc4)c(F)c3)n2)n[nH]1. The lowest BCUT2D eigenvalue weighted by Gasteiger charge is -2.09. The normalized spacial score (nSPS) is 10.8. The second kappa shape index (κ2) is 11.6. The summed E-state index contributed by atoms with van der Waals surface area (Å²) < 4.78 is 20.0. The molecule has 40 heavy (non-hydrogen) atoms. The minimum Gasteiger partial charge on any atom is -0.481 e. The van der Waals surface area contributed by atoms with Crippen LogP contribution in [-0.4, -0.2) is 48.1 Å². The number of rotatable bonds is 9. The van der Waals surface area contributed by atoms with Crippen LogP contribution in [-0.2, 0) is 13.0 Å². The number of aryl methyl sites for hydroxylation is 2. The summed E-state index contributed by atoms with van der Waals surface area (Å²) in [5.74, 6) is 0.466. The Morgan fingerprint density at radius 3 is 2.50 bits per heavy atom. The van der Waals surface area contributed by atoms with Crippen molar-refractivity contribution in [1.29, 1.82) is 0 Å². The third-order valence-corrected chi connectivity index (χ3v) is 5.96. The molecule has 0 unspecified atom stereocenters. The number of aromatic amines is 1. The Bertz CT molecular complexity index is 1640. The molecule has 0 bridgehead atoms. The van der Waals surface area contributed by atoms with E-state index in [-0.39, 0.29) is 18.1 Å². The predicted octanol–water partition coefficient (Wildman–Crippen LogP) is 4.41. The largest absolute Gasteiger partial charge is 0.481 e. The maximum absolute atomic E-state index is 15.0. The summed E-state index contributed by atoms with van der Waals surface area (Å²) in [6.45, 7) is 3.98. The van der Waals surface area contributed by atoms with Gasteiger partial charge in [-0.25, -0.2) is 24.3 Å². The minimum absolute atomic E-state index is 0.152. The molecule has 12 heteroatoms. The highest BCUT2D eigenvalue weighted by molar-refractivity contribution is 5.92. The van der Waals surface area contributed by atoms with E-state index in [1.165, 1.54) is 12.3 Å². The number of halogens is 1. The first-order valence-electron chi connectivity index (χ1n) is 12.5. The molecule has 0 aliphatic heterocycles. The van der Waals surface area contributed by atoms with Gasteiger partial charge in [0.25, 0.3) is 5.91 Å². The summed E-state index contributed by atoms with van der Waals surface area (Å²) in [7, 11) is 1.55. The number of H-pyrrole nitrogens is 1. The van der Waals surface area contributed by atoms with Crippen molar-refractivity contribution in [3.8, 4) is 28.5 Å². The molecular weight excluding hydrogens is 513 g/mol. The first-order chi connectivity index (χ1) is 19.4. The fourth-order valence-corrected chi connectivity index (χ4v) is 3.85. The van der Waals surface area contributed by atoms with Crippen molar-refractivity contribution < 1.29 is 13.9 Å². The molecule has 0 saturated heterocycles. The number of methoxy groups -OCH3 is 1. The Kier molecular flexibility index (Phi) is 7.67. The van der Waals surface area contributed by atoms with E-state index in [1.54, 1.807) is 38.6 Å². The van der Waals surface area contributed by atoms with E-state index >= 15 is 0 Å². The molecule has 0 fully saturated rings. The number of nitrogens with one attached hydrogen (secondary N) is 3. The van der Waals surface area contributed by atoms with Crippen LogP contribution in [0.5, 0.6) is 5.88 Å². The highest BCUT2D eigenvalue weighted by atomic mass is 19.1. The van der Waals surface area contributed by atoms with Crippen molar-refractivity contribution in [2.24, 2.45) is 0 Å². The van der Waals surface area contributed by atoms with E-state index in [0.29, 0.717) is 28.8 Å². The quantitative estimate of drug-likeness (QED) is 0.248. The number of hydrogen-bond donors (Lipinski definition) is 3. The van der Waals surface area contributed by atoms with Crippen LogP contribution in [0.1, 0.15) is 34.4 Å². The van der Waals surface area contributed by atoms with Crippen molar-refractivity contribution in [3.63, 3.8) is 0 Å². The number of pyridine rings is 3. The molecule has 11 nitrogen and oxygen atoms in total. The highest BCUT2D eigenvalue weighted by Crippen LogP contribution is 2.22. The second-order valence-corrected chi connectivity index (χ2v) is 8.85. The van der Waals surface area contributed by atoms with E-state index in [4.69, 9.17) is 4.74 Å². The molecular formula is C28H26FN9O2. The van der Waals surface area contributed by atoms with Crippen molar-refractivity contribution in [2.75, 3.05) is 12.4 Å². The monoisotopic (exact) mass is 539 g/mol. The Morgan fingerprint density at radius 2 is 1.82 bits per heavy atom. The minimum atomic E-state index is -0.782. The molecule has 1 amide bonds. The van der Waals surface area contributed by atoms with Gasteiger partial charge in [0.2, 0.25) is 5.88 Å². The number of carbonyl (C=O) groups excluding carboxylic acids is 1. The molecule has 0 saturated carbocycles. The summed E-state index contributed by atoms with van der Waals surface area (Å²) >= 11 is 0. The van der Waals surface area contributed by atoms with Gasteiger partial charge in [-0.2, -0.15) is 5.10 Å². The van der Waals surface area contributed by atoms with Crippen LogP contribution >= 0.6 is 0 Å². The zero-order valence-electron chi connectivity index (χ0n) is 22.1. The van der Waals surface area contributed by atoms with E-state index in [1.807, 2.05) is 31.2 Å². The number of ether oxygens (including phenoxy) is 1. The smallest absolute Gasteiger partial charge is 0.273 e. The van der Waals surface area contributed by atoms with E-state index in [9.17, 15) is 9.18 Å². The number of aromatic nitrogens is 7. The van der Waals surface area contributed by atoms with Crippen molar-refractivity contribution >= 4 is 17.5 Å². The summed E-state index contributed by atoms with van der Waals surface area (Å²) in [5, 5.41) is 12.9. The van der Waals surface area contributed by atoms with Crippen LogP contribution in [0.25, 0.3) is 22.6 Å². The van der Waals surface area contributed by atoms with Crippen LogP contribution in [0, 0.1) is 12.7 Å². The molecule has 0 atom stereocenters. The zero-order chi connectivity index (χ0) is 28.1. The molecule has 3 N–H and O–H groups in total. The van der Waals surface area contributed by atoms with Gasteiger partial charge in [0.1, 0.15) is 5.82 Å². The number of amides is 1. The molecule has 0 radical (unpaired) electrons. The zero-order valence-corrected chi connectivity index (χ0v) is 22.1. The van der Waals surface area contributed by atoms with Gasteiger partial charge in [-0.05, 0) is 37.1 Å². The van der Waals surface area contributed by atoms with Gasteiger partial charge in [-0.3, -0.25) is 14.9 Å². The van der Waals surface area contributed by atoms with Crippen LogP contribution < -0.4 is 15.4 Å². The summed E-state index contributed by atoms with van der Waals surface area (Å²) in [6, 6.07) is 12.1. The van der Waals surface area contributed by atoms with Crippen molar-refractivity contribution in [3.05, 3.63) is 89.5 Å². The van der Waals surface area contributed by atoms with Gasteiger partial charge in [0, 0.05) is 65.8 Å². The number of hydrogen-bond acceptors (Lipinski definition) is 9. The lowest BCUT2D eigenvalue weighted by atomic mass is 10.1. The van der Waals surface area contributed by atoms with Crippen molar-refractivity contribution in [2.45, 2.75) is 26.8 Å². The maximum atomic E-state index is 15.0. The van der Waals surface area contributed by atoms with Gasteiger partial charge in [-0.1, -0.05) is 13.0 Å². The van der Waals surface area contributed by atoms with Crippen LogP contribution in [0.2, 0.25) is 0 Å². The molecule has 5 aromatic heterocycles. The average molecular weight is 540 g/mol. The third-order valence-electron chi connectivity index (χ3n) is 5.96. The fourth-order valence-electron chi connectivity index (χ4n) is 3.85. The number of carbonyl (C=O) groups is 1. The summed E-state index contributed by atoms with van der Waals surface area (Å²) in [6.07, 6.45) is 5.50. The predicted molar refractivity (Wildman–Crippen MR) is 146 cm³/mol. The van der Waals surface area contributed by atoms with Gasteiger partial charge in [0.15, 0.2) is 23.2 Å².